The Hall–Kier alpha value is 0.270. The maximum Gasteiger partial charge on any atom is 0.116 e. The summed E-state index contributed by atoms with van der Waals surface area (Å²) in [4.78, 5) is 0. The first kappa shape index (κ1) is 12.7. The Balaban J connectivity index is 1.84. The van der Waals surface area contributed by atoms with Gasteiger partial charge >= 0.3 is 0 Å². The lowest BCUT2D eigenvalue weighted by molar-refractivity contribution is -0.136. The first-order chi connectivity index (χ1) is 7.49. The van der Waals surface area contributed by atoms with Gasteiger partial charge in [-0.3, -0.25) is 5.32 Å². The summed E-state index contributed by atoms with van der Waals surface area (Å²) in [6, 6.07) is 0. The Morgan fingerprint density at radius 2 is 1.94 bits per heavy atom. The summed E-state index contributed by atoms with van der Waals surface area (Å²) < 4.78 is 6.07. The van der Waals surface area contributed by atoms with Crippen LogP contribution in [0.2, 0.25) is 0 Å². The van der Waals surface area contributed by atoms with Gasteiger partial charge in [-0.05, 0) is 43.6 Å². The molecule has 2 saturated heterocycles. The molecular weight excluding hydrogens is 218 g/mol. The lowest BCUT2D eigenvalue weighted by Gasteiger charge is -2.44. The Labute approximate surface area is 104 Å². The summed E-state index contributed by atoms with van der Waals surface area (Å²) >= 11 is 2.10. The van der Waals surface area contributed by atoms with Gasteiger partial charge in [0, 0.05) is 12.0 Å². The molecular formula is C13H25NOS. The Morgan fingerprint density at radius 3 is 2.50 bits per heavy atom. The lowest BCUT2D eigenvalue weighted by Crippen LogP contribution is -2.56. The van der Waals surface area contributed by atoms with E-state index >= 15 is 0 Å². The molecule has 0 aromatic carbocycles. The van der Waals surface area contributed by atoms with Crippen LogP contribution in [0.4, 0.5) is 0 Å². The Morgan fingerprint density at radius 1 is 1.25 bits per heavy atom. The fourth-order valence-corrected chi connectivity index (χ4v) is 3.72. The van der Waals surface area contributed by atoms with Crippen molar-refractivity contribution in [2.24, 2.45) is 11.3 Å². The van der Waals surface area contributed by atoms with Gasteiger partial charge in [0.15, 0.2) is 0 Å². The van der Waals surface area contributed by atoms with Crippen molar-refractivity contribution in [3.63, 3.8) is 0 Å². The summed E-state index contributed by atoms with van der Waals surface area (Å²) in [6.07, 6.45) is 3.92. The highest BCUT2D eigenvalue weighted by atomic mass is 32.2. The molecule has 2 aliphatic rings. The molecule has 1 atom stereocenters. The molecule has 0 bridgehead atoms. The number of thioether (sulfide) groups is 1. The SMILES string of the molecule is CC1(C)CNC(C)(CC2CCSCC2)OC1. The van der Waals surface area contributed by atoms with Crippen molar-refractivity contribution in [2.75, 3.05) is 24.7 Å². The second-order valence-electron chi connectivity index (χ2n) is 6.30. The normalized spacial score (nSPS) is 36.2. The van der Waals surface area contributed by atoms with Gasteiger partial charge in [0.2, 0.25) is 0 Å². The first-order valence-corrected chi connectivity index (χ1v) is 7.61. The number of rotatable bonds is 2. The number of hydrogen-bond acceptors (Lipinski definition) is 3. The first-order valence-electron chi connectivity index (χ1n) is 6.46. The third-order valence-corrected chi connectivity index (χ3v) is 4.79. The van der Waals surface area contributed by atoms with E-state index in [9.17, 15) is 0 Å². The van der Waals surface area contributed by atoms with Crippen LogP contribution in [0.25, 0.3) is 0 Å². The van der Waals surface area contributed by atoms with Crippen LogP contribution in [-0.2, 0) is 4.74 Å². The summed E-state index contributed by atoms with van der Waals surface area (Å²) in [5.74, 6) is 3.54. The van der Waals surface area contributed by atoms with Crippen LogP contribution in [0, 0.1) is 11.3 Å². The largest absolute Gasteiger partial charge is 0.360 e. The van der Waals surface area contributed by atoms with Gasteiger partial charge in [-0.1, -0.05) is 13.8 Å². The highest BCUT2D eigenvalue weighted by molar-refractivity contribution is 7.99. The zero-order chi connectivity index (χ0) is 11.6. The molecule has 0 aliphatic carbocycles. The molecule has 2 heterocycles. The summed E-state index contributed by atoms with van der Waals surface area (Å²) in [6.45, 7) is 8.71. The summed E-state index contributed by atoms with van der Waals surface area (Å²) in [5, 5.41) is 3.60. The van der Waals surface area contributed by atoms with Crippen LogP contribution >= 0.6 is 11.8 Å². The monoisotopic (exact) mass is 243 g/mol. The van der Waals surface area contributed by atoms with E-state index in [0.29, 0.717) is 5.41 Å². The van der Waals surface area contributed by atoms with Crippen molar-refractivity contribution in [1.29, 1.82) is 0 Å². The summed E-state index contributed by atoms with van der Waals surface area (Å²) in [7, 11) is 0. The summed E-state index contributed by atoms with van der Waals surface area (Å²) in [5.41, 5.74) is 0.226. The molecule has 0 radical (unpaired) electrons. The average Bonchev–Trinajstić information content (AvgIpc) is 2.25. The van der Waals surface area contributed by atoms with E-state index in [1.807, 2.05) is 0 Å². The topological polar surface area (TPSA) is 21.3 Å². The third-order valence-electron chi connectivity index (χ3n) is 3.74. The van der Waals surface area contributed by atoms with E-state index in [2.05, 4.69) is 37.8 Å². The van der Waals surface area contributed by atoms with Crippen LogP contribution < -0.4 is 5.32 Å². The minimum absolute atomic E-state index is 0.0673. The maximum atomic E-state index is 6.07. The molecule has 3 heteroatoms. The number of hydrogen-bond donors (Lipinski definition) is 1. The van der Waals surface area contributed by atoms with Gasteiger partial charge < -0.3 is 4.74 Å². The van der Waals surface area contributed by atoms with Gasteiger partial charge in [-0.25, -0.2) is 0 Å². The predicted molar refractivity (Wildman–Crippen MR) is 70.8 cm³/mol. The van der Waals surface area contributed by atoms with Crippen molar-refractivity contribution in [2.45, 2.75) is 45.8 Å². The number of ether oxygens (including phenoxy) is 1. The minimum atomic E-state index is -0.0673. The van der Waals surface area contributed by atoms with E-state index in [0.717, 1.165) is 19.1 Å². The van der Waals surface area contributed by atoms with Crippen molar-refractivity contribution < 1.29 is 4.74 Å². The second kappa shape index (κ2) is 4.87. The van der Waals surface area contributed by atoms with E-state index < -0.39 is 0 Å². The highest BCUT2D eigenvalue weighted by Crippen LogP contribution is 2.33. The molecule has 0 aromatic rings. The molecule has 2 nitrogen and oxygen atoms in total. The van der Waals surface area contributed by atoms with Crippen LogP contribution in [0.3, 0.4) is 0 Å². The van der Waals surface area contributed by atoms with Crippen LogP contribution in [0.1, 0.15) is 40.0 Å². The average molecular weight is 243 g/mol. The van der Waals surface area contributed by atoms with Crippen molar-refractivity contribution in [3.05, 3.63) is 0 Å². The molecule has 16 heavy (non-hydrogen) atoms. The molecule has 0 saturated carbocycles. The molecule has 2 aliphatic heterocycles. The van der Waals surface area contributed by atoms with E-state index in [-0.39, 0.29) is 5.72 Å². The quantitative estimate of drug-likeness (QED) is 0.806. The van der Waals surface area contributed by atoms with Gasteiger partial charge in [-0.15, -0.1) is 0 Å². The molecule has 94 valence electrons. The van der Waals surface area contributed by atoms with Crippen molar-refractivity contribution in [3.8, 4) is 0 Å². The predicted octanol–water partition coefficient (Wildman–Crippen LogP) is 2.88. The Bertz CT molecular complexity index is 226. The van der Waals surface area contributed by atoms with Gasteiger partial charge in [0.25, 0.3) is 0 Å². The molecule has 1 N–H and O–H groups in total. The van der Waals surface area contributed by atoms with Gasteiger partial charge in [0.05, 0.1) is 6.61 Å². The van der Waals surface area contributed by atoms with Gasteiger partial charge in [-0.2, -0.15) is 11.8 Å². The van der Waals surface area contributed by atoms with Crippen LogP contribution in [0.15, 0.2) is 0 Å². The van der Waals surface area contributed by atoms with E-state index in [1.54, 1.807) is 0 Å². The second-order valence-corrected chi connectivity index (χ2v) is 7.52. The number of nitrogens with one attached hydrogen (secondary N) is 1. The third kappa shape index (κ3) is 3.38. The van der Waals surface area contributed by atoms with E-state index in [4.69, 9.17) is 4.74 Å². The van der Waals surface area contributed by atoms with Crippen molar-refractivity contribution in [1.82, 2.24) is 5.32 Å². The Kier molecular flexibility index (Phi) is 3.87. The standard InChI is InChI=1S/C13H25NOS/c1-12(2)9-14-13(3,15-10-12)8-11-4-6-16-7-5-11/h11,14H,4-10H2,1-3H3. The molecule has 2 fully saturated rings. The maximum absolute atomic E-state index is 6.07. The minimum Gasteiger partial charge on any atom is -0.360 e. The smallest absolute Gasteiger partial charge is 0.116 e. The van der Waals surface area contributed by atoms with Gasteiger partial charge in [0.1, 0.15) is 5.72 Å². The van der Waals surface area contributed by atoms with Crippen LogP contribution in [0.5, 0.6) is 0 Å². The fourth-order valence-electron chi connectivity index (χ4n) is 2.52. The zero-order valence-corrected chi connectivity index (χ0v) is 11.7. The highest BCUT2D eigenvalue weighted by Gasteiger charge is 2.37. The molecule has 0 aromatic heterocycles. The molecule has 0 spiro atoms. The van der Waals surface area contributed by atoms with Crippen molar-refractivity contribution >= 4 is 11.8 Å². The lowest BCUT2D eigenvalue weighted by atomic mass is 9.88. The van der Waals surface area contributed by atoms with E-state index in [1.165, 1.54) is 30.8 Å². The molecule has 2 rings (SSSR count). The van der Waals surface area contributed by atoms with Crippen LogP contribution in [-0.4, -0.2) is 30.4 Å². The molecule has 0 amide bonds. The zero-order valence-electron chi connectivity index (χ0n) is 10.8. The fraction of sp³-hybridized carbons (Fsp3) is 1.00. The molecule has 1 unspecified atom stereocenters.